The van der Waals surface area contributed by atoms with E-state index in [4.69, 9.17) is 16.7 Å². The molecule has 0 amide bonds. The SMILES string of the molecule is Oc1ccc2cnc(Cl)nc2c1. The van der Waals surface area contributed by atoms with E-state index < -0.39 is 0 Å². The van der Waals surface area contributed by atoms with E-state index >= 15 is 0 Å². The predicted molar refractivity (Wildman–Crippen MR) is 46.2 cm³/mol. The van der Waals surface area contributed by atoms with Crippen molar-refractivity contribution in [3.8, 4) is 5.75 Å². The molecule has 0 bridgehead atoms. The molecule has 0 unspecified atom stereocenters. The fourth-order valence-electron chi connectivity index (χ4n) is 0.989. The number of phenolic OH excluding ortho intramolecular Hbond substituents is 1. The quantitative estimate of drug-likeness (QED) is 0.631. The second-order valence-corrected chi connectivity index (χ2v) is 2.72. The highest BCUT2D eigenvalue weighted by Gasteiger charge is 1.97. The molecule has 0 aliphatic heterocycles. The summed E-state index contributed by atoms with van der Waals surface area (Å²) < 4.78 is 0. The molecule has 1 aromatic carbocycles. The molecule has 1 aromatic heterocycles. The minimum atomic E-state index is 0.178. The number of aromatic nitrogens is 2. The van der Waals surface area contributed by atoms with Crippen LogP contribution in [0.1, 0.15) is 0 Å². The van der Waals surface area contributed by atoms with E-state index in [2.05, 4.69) is 9.97 Å². The average molecular weight is 181 g/mol. The molecule has 12 heavy (non-hydrogen) atoms. The topological polar surface area (TPSA) is 46.0 Å². The first-order chi connectivity index (χ1) is 5.75. The molecule has 0 saturated carbocycles. The zero-order chi connectivity index (χ0) is 8.55. The summed E-state index contributed by atoms with van der Waals surface area (Å²) >= 11 is 5.57. The molecule has 3 nitrogen and oxygen atoms in total. The van der Waals surface area contributed by atoms with Crippen LogP contribution in [0.2, 0.25) is 5.28 Å². The van der Waals surface area contributed by atoms with Gasteiger partial charge in [-0.1, -0.05) is 0 Å². The number of rotatable bonds is 0. The molecule has 60 valence electrons. The van der Waals surface area contributed by atoms with E-state index in [1.165, 1.54) is 0 Å². The van der Waals surface area contributed by atoms with Crippen molar-refractivity contribution < 1.29 is 5.11 Å². The van der Waals surface area contributed by atoms with Crippen LogP contribution in [0.25, 0.3) is 10.9 Å². The second kappa shape index (κ2) is 2.60. The molecular formula is C8H5ClN2O. The zero-order valence-corrected chi connectivity index (χ0v) is 6.78. The summed E-state index contributed by atoms with van der Waals surface area (Å²) in [6, 6.07) is 4.86. The van der Waals surface area contributed by atoms with Gasteiger partial charge in [0, 0.05) is 17.6 Å². The van der Waals surface area contributed by atoms with Crippen molar-refractivity contribution in [3.05, 3.63) is 29.7 Å². The predicted octanol–water partition coefficient (Wildman–Crippen LogP) is 1.99. The molecule has 4 heteroatoms. The monoisotopic (exact) mass is 180 g/mol. The molecule has 0 fully saturated rings. The summed E-state index contributed by atoms with van der Waals surface area (Å²) in [6.45, 7) is 0. The second-order valence-electron chi connectivity index (χ2n) is 2.38. The van der Waals surface area contributed by atoms with E-state index in [0.29, 0.717) is 5.52 Å². The van der Waals surface area contributed by atoms with Gasteiger partial charge in [0.1, 0.15) is 5.75 Å². The van der Waals surface area contributed by atoms with Gasteiger partial charge in [0.05, 0.1) is 5.52 Å². The van der Waals surface area contributed by atoms with Crippen molar-refractivity contribution >= 4 is 22.5 Å². The Balaban J connectivity index is 2.80. The van der Waals surface area contributed by atoms with Crippen LogP contribution in [0, 0.1) is 0 Å². The lowest BCUT2D eigenvalue weighted by Crippen LogP contribution is -1.82. The summed E-state index contributed by atoms with van der Waals surface area (Å²) in [4.78, 5) is 7.74. The summed E-state index contributed by atoms with van der Waals surface area (Å²) in [5, 5.41) is 10.2. The van der Waals surface area contributed by atoms with Crippen molar-refractivity contribution in [1.29, 1.82) is 0 Å². The van der Waals surface area contributed by atoms with Gasteiger partial charge in [-0.25, -0.2) is 9.97 Å². The van der Waals surface area contributed by atoms with Crippen LogP contribution in [-0.4, -0.2) is 15.1 Å². The van der Waals surface area contributed by atoms with Gasteiger partial charge in [-0.2, -0.15) is 0 Å². The Bertz CT molecular complexity index is 394. The Kier molecular flexibility index (Phi) is 1.59. The number of hydrogen-bond donors (Lipinski definition) is 1. The fourth-order valence-corrected chi connectivity index (χ4v) is 1.13. The lowest BCUT2D eigenvalue weighted by molar-refractivity contribution is 0.476. The smallest absolute Gasteiger partial charge is 0.222 e. The Morgan fingerprint density at radius 2 is 2.17 bits per heavy atom. The van der Waals surface area contributed by atoms with E-state index in [1.54, 1.807) is 24.4 Å². The van der Waals surface area contributed by atoms with Crippen LogP contribution in [0.5, 0.6) is 5.75 Å². The molecule has 0 atom stereocenters. The molecule has 2 aromatic rings. The average Bonchev–Trinajstić information content (AvgIpc) is 2.03. The van der Waals surface area contributed by atoms with Crippen LogP contribution in [-0.2, 0) is 0 Å². The first kappa shape index (κ1) is 7.31. The lowest BCUT2D eigenvalue weighted by atomic mass is 10.2. The minimum Gasteiger partial charge on any atom is -0.508 e. The van der Waals surface area contributed by atoms with E-state index in [-0.39, 0.29) is 11.0 Å². The van der Waals surface area contributed by atoms with Gasteiger partial charge in [-0.3, -0.25) is 0 Å². The largest absolute Gasteiger partial charge is 0.508 e. The molecule has 1 N–H and O–H groups in total. The Labute approximate surface area is 73.6 Å². The lowest BCUT2D eigenvalue weighted by Gasteiger charge is -1.96. The third-order valence-corrected chi connectivity index (χ3v) is 1.72. The van der Waals surface area contributed by atoms with Gasteiger partial charge in [0.2, 0.25) is 5.28 Å². The van der Waals surface area contributed by atoms with Crippen LogP contribution < -0.4 is 0 Å². The van der Waals surface area contributed by atoms with Crippen molar-refractivity contribution in [1.82, 2.24) is 9.97 Å². The summed E-state index contributed by atoms with van der Waals surface area (Å²) in [5.41, 5.74) is 0.648. The number of fused-ring (bicyclic) bond motifs is 1. The van der Waals surface area contributed by atoms with Gasteiger partial charge >= 0.3 is 0 Å². The van der Waals surface area contributed by atoms with E-state index in [9.17, 15) is 0 Å². The zero-order valence-electron chi connectivity index (χ0n) is 6.03. The highest BCUT2D eigenvalue weighted by molar-refractivity contribution is 6.28. The first-order valence-electron chi connectivity index (χ1n) is 3.37. The van der Waals surface area contributed by atoms with Crippen molar-refractivity contribution in [2.24, 2.45) is 0 Å². The van der Waals surface area contributed by atoms with Gasteiger partial charge in [0.15, 0.2) is 0 Å². The van der Waals surface area contributed by atoms with Crippen LogP contribution in [0.3, 0.4) is 0 Å². The van der Waals surface area contributed by atoms with Gasteiger partial charge in [-0.05, 0) is 23.7 Å². The standard InChI is InChI=1S/C8H5ClN2O/c9-8-10-4-5-1-2-6(12)3-7(5)11-8/h1-4,12H. The summed E-state index contributed by atoms with van der Waals surface area (Å²) in [5.74, 6) is 0.178. The molecule has 0 spiro atoms. The number of nitrogens with zero attached hydrogens (tertiary/aromatic N) is 2. The highest BCUT2D eigenvalue weighted by Crippen LogP contribution is 2.17. The summed E-state index contributed by atoms with van der Waals surface area (Å²) in [6.07, 6.45) is 1.62. The van der Waals surface area contributed by atoms with Crippen LogP contribution >= 0.6 is 11.6 Å². The number of hydrogen-bond acceptors (Lipinski definition) is 3. The van der Waals surface area contributed by atoms with Crippen molar-refractivity contribution in [2.75, 3.05) is 0 Å². The maximum atomic E-state index is 9.12. The minimum absolute atomic E-state index is 0.178. The van der Waals surface area contributed by atoms with Crippen LogP contribution in [0.15, 0.2) is 24.4 Å². The van der Waals surface area contributed by atoms with Crippen molar-refractivity contribution in [3.63, 3.8) is 0 Å². The number of benzene rings is 1. The fraction of sp³-hybridized carbons (Fsp3) is 0. The Morgan fingerprint density at radius 1 is 1.33 bits per heavy atom. The maximum Gasteiger partial charge on any atom is 0.222 e. The number of phenols is 1. The molecule has 0 radical (unpaired) electrons. The van der Waals surface area contributed by atoms with E-state index in [0.717, 1.165) is 5.39 Å². The molecule has 0 saturated heterocycles. The van der Waals surface area contributed by atoms with Gasteiger partial charge in [0.25, 0.3) is 0 Å². The van der Waals surface area contributed by atoms with Crippen LogP contribution in [0.4, 0.5) is 0 Å². The molecular weight excluding hydrogens is 176 g/mol. The van der Waals surface area contributed by atoms with Gasteiger partial charge < -0.3 is 5.11 Å². The maximum absolute atomic E-state index is 9.12. The highest BCUT2D eigenvalue weighted by atomic mass is 35.5. The van der Waals surface area contributed by atoms with Crippen molar-refractivity contribution in [2.45, 2.75) is 0 Å². The molecule has 0 aliphatic rings. The summed E-state index contributed by atoms with van der Waals surface area (Å²) in [7, 11) is 0. The third-order valence-electron chi connectivity index (χ3n) is 1.54. The van der Waals surface area contributed by atoms with E-state index in [1.807, 2.05) is 0 Å². The Morgan fingerprint density at radius 3 is 3.00 bits per heavy atom. The molecule has 0 aliphatic carbocycles. The normalized spacial score (nSPS) is 10.4. The Hall–Kier alpha value is -1.35. The van der Waals surface area contributed by atoms with Gasteiger partial charge in [-0.15, -0.1) is 0 Å². The number of aromatic hydroxyl groups is 1. The third kappa shape index (κ3) is 1.19. The number of halogens is 1. The first-order valence-corrected chi connectivity index (χ1v) is 3.75. The molecule has 1 heterocycles. The molecule has 2 rings (SSSR count).